The minimum absolute atomic E-state index is 0.00215. The quantitative estimate of drug-likeness (QED) is 0.342. The Morgan fingerprint density at radius 3 is 2.49 bits per heavy atom. The third-order valence-corrected chi connectivity index (χ3v) is 6.05. The van der Waals surface area contributed by atoms with Gasteiger partial charge in [0.2, 0.25) is 11.3 Å². The van der Waals surface area contributed by atoms with Crippen molar-refractivity contribution in [2.24, 2.45) is 0 Å². The highest BCUT2D eigenvalue weighted by atomic mass is 35.5. The molecule has 0 saturated carbocycles. The van der Waals surface area contributed by atoms with Crippen LogP contribution in [0.3, 0.4) is 0 Å². The predicted octanol–water partition coefficient (Wildman–Crippen LogP) is 5.38. The SMILES string of the molecule is Cc1cc2c(=O)c(C(=O)c3ccc4ccccc4c3)cn(CC(=O)Nc3ccc(Cl)cc3)c2cn1. The Kier molecular flexibility index (Phi) is 5.89. The number of amides is 1. The van der Waals surface area contributed by atoms with Crippen LogP contribution in [0, 0.1) is 6.92 Å². The molecule has 0 radical (unpaired) electrons. The highest BCUT2D eigenvalue weighted by Gasteiger charge is 2.19. The number of hydrogen-bond donors (Lipinski definition) is 1. The Labute approximate surface area is 205 Å². The first-order chi connectivity index (χ1) is 16.9. The summed E-state index contributed by atoms with van der Waals surface area (Å²) in [5, 5.41) is 5.61. The molecule has 5 aromatic rings. The highest BCUT2D eigenvalue weighted by molar-refractivity contribution is 6.30. The van der Waals surface area contributed by atoms with Gasteiger partial charge in [-0.05, 0) is 54.1 Å². The number of nitrogens with one attached hydrogen (secondary N) is 1. The topological polar surface area (TPSA) is 81.1 Å². The summed E-state index contributed by atoms with van der Waals surface area (Å²) in [5.74, 6) is -0.717. The van der Waals surface area contributed by atoms with Crippen LogP contribution in [0.15, 0.2) is 90.0 Å². The van der Waals surface area contributed by atoms with E-state index in [9.17, 15) is 14.4 Å². The van der Waals surface area contributed by atoms with E-state index >= 15 is 0 Å². The lowest BCUT2D eigenvalue weighted by molar-refractivity contribution is -0.116. The maximum atomic E-state index is 13.5. The van der Waals surface area contributed by atoms with Crippen molar-refractivity contribution in [1.29, 1.82) is 0 Å². The van der Waals surface area contributed by atoms with Gasteiger partial charge in [0.15, 0.2) is 5.78 Å². The van der Waals surface area contributed by atoms with Gasteiger partial charge in [-0.25, -0.2) is 0 Å². The molecule has 1 amide bonds. The molecule has 7 heteroatoms. The molecule has 172 valence electrons. The fourth-order valence-electron chi connectivity index (χ4n) is 4.06. The first kappa shape index (κ1) is 22.5. The van der Waals surface area contributed by atoms with Crippen molar-refractivity contribution in [1.82, 2.24) is 9.55 Å². The molecule has 2 heterocycles. The van der Waals surface area contributed by atoms with E-state index in [1.54, 1.807) is 60.2 Å². The van der Waals surface area contributed by atoms with E-state index in [0.717, 1.165) is 10.8 Å². The van der Waals surface area contributed by atoms with Gasteiger partial charge in [0.1, 0.15) is 6.54 Å². The fourth-order valence-corrected chi connectivity index (χ4v) is 4.19. The second-order valence-electron chi connectivity index (χ2n) is 8.29. The van der Waals surface area contributed by atoms with Crippen molar-refractivity contribution < 1.29 is 9.59 Å². The van der Waals surface area contributed by atoms with Crippen molar-refractivity contribution in [3.8, 4) is 0 Å². The second kappa shape index (κ2) is 9.16. The normalized spacial score (nSPS) is 11.0. The van der Waals surface area contributed by atoms with Gasteiger partial charge in [-0.2, -0.15) is 0 Å². The van der Waals surface area contributed by atoms with E-state index in [1.165, 1.54) is 6.20 Å². The number of anilines is 1. The molecule has 0 saturated heterocycles. The average molecular weight is 482 g/mol. The molecule has 3 aromatic carbocycles. The van der Waals surface area contributed by atoms with Gasteiger partial charge < -0.3 is 9.88 Å². The van der Waals surface area contributed by atoms with E-state index in [-0.39, 0.29) is 18.0 Å². The van der Waals surface area contributed by atoms with Gasteiger partial charge in [0.05, 0.1) is 17.3 Å². The van der Waals surface area contributed by atoms with Crippen LogP contribution in [0.25, 0.3) is 21.7 Å². The third-order valence-electron chi connectivity index (χ3n) is 5.80. The van der Waals surface area contributed by atoms with E-state index in [1.807, 2.05) is 30.3 Å². The number of aromatic nitrogens is 2. The number of aryl methyl sites for hydroxylation is 1. The molecule has 0 bridgehead atoms. The molecule has 0 aliphatic heterocycles. The van der Waals surface area contributed by atoms with E-state index in [2.05, 4.69) is 10.3 Å². The summed E-state index contributed by atoms with van der Waals surface area (Å²) in [6, 6.07) is 21.4. The van der Waals surface area contributed by atoms with E-state index in [0.29, 0.717) is 32.9 Å². The van der Waals surface area contributed by atoms with Crippen molar-refractivity contribution in [2.45, 2.75) is 13.5 Å². The minimum atomic E-state index is -0.399. The Hall–Kier alpha value is -4.29. The smallest absolute Gasteiger partial charge is 0.244 e. The lowest BCUT2D eigenvalue weighted by Crippen LogP contribution is -2.24. The Morgan fingerprint density at radius 2 is 1.71 bits per heavy atom. The number of ketones is 1. The second-order valence-corrected chi connectivity index (χ2v) is 8.73. The molecule has 0 aliphatic rings. The first-order valence-corrected chi connectivity index (χ1v) is 11.4. The Morgan fingerprint density at radius 1 is 0.971 bits per heavy atom. The van der Waals surface area contributed by atoms with Gasteiger partial charge in [0, 0.05) is 33.6 Å². The lowest BCUT2D eigenvalue weighted by atomic mass is 9.99. The van der Waals surface area contributed by atoms with Crippen molar-refractivity contribution in [3.63, 3.8) is 0 Å². The number of halogens is 1. The van der Waals surface area contributed by atoms with Crippen LogP contribution >= 0.6 is 11.6 Å². The molecule has 2 aromatic heterocycles. The van der Waals surface area contributed by atoms with Crippen LogP contribution in [0.4, 0.5) is 5.69 Å². The molecule has 35 heavy (non-hydrogen) atoms. The van der Waals surface area contributed by atoms with Crippen LogP contribution in [0.5, 0.6) is 0 Å². The Bertz CT molecular complexity index is 1670. The van der Waals surface area contributed by atoms with Crippen LogP contribution in [0.1, 0.15) is 21.6 Å². The zero-order valence-electron chi connectivity index (χ0n) is 18.8. The average Bonchev–Trinajstić information content (AvgIpc) is 2.86. The maximum Gasteiger partial charge on any atom is 0.244 e. The van der Waals surface area contributed by atoms with Gasteiger partial charge in [0.25, 0.3) is 0 Å². The van der Waals surface area contributed by atoms with Crippen LogP contribution in [0.2, 0.25) is 5.02 Å². The molecule has 0 aliphatic carbocycles. The van der Waals surface area contributed by atoms with Crippen molar-refractivity contribution in [3.05, 3.63) is 117 Å². The molecule has 0 atom stereocenters. The van der Waals surface area contributed by atoms with Crippen LogP contribution in [-0.2, 0) is 11.3 Å². The summed E-state index contributed by atoms with van der Waals surface area (Å²) in [4.78, 5) is 43.9. The number of rotatable bonds is 5. The summed E-state index contributed by atoms with van der Waals surface area (Å²) >= 11 is 5.92. The highest BCUT2D eigenvalue weighted by Crippen LogP contribution is 2.20. The summed E-state index contributed by atoms with van der Waals surface area (Å²) in [7, 11) is 0. The largest absolute Gasteiger partial charge is 0.336 e. The van der Waals surface area contributed by atoms with Gasteiger partial charge >= 0.3 is 0 Å². The third kappa shape index (κ3) is 4.56. The number of pyridine rings is 2. The van der Waals surface area contributed by atoms with Crippen LogP contribution in [-0.4, -0.2) is 21.2 Å². The van der Waals surface area contributed by atoms with E-state index in [4.69, 9.17) is 11.6 Å². The zero-order valence-corrected chi connectivity index (χ0v) is 19.5. The number of fused-ring (bicyclic) bond motifs is 2. The molecular formula is C28H20ClN3O3. The van der Waals surface area contributed by atoms with Gasteiger partial charge in [-0.3, -0.25) is 19.4 Å². The Balaban J connectivity index is 1.56. The molecule has 6 nitrogen and oxygen atoms in total. The first-order valence-electron chi connectivity index (χ1n) is 11.0. The monoisotopic (exact) mass is 481 g/mol. The molecule has 0 spiro atoms. The molecular weight excluding hydrogens is 462 g/mol. The predicted molar refractivity (Wildman–Crippen MR) is 138 cm³/mol. The molecule has 1 N–H and O–H groups in total. The molecule has 5 rings (SSSR count). The fraction of sp³-hybridized carbons (Fsp3) is 0.0714. The number of carbonyl (C=O) groups is 2. The number of carbonyl (C=O) groups excluding carboxylic acids is 2. The number of hydrogen-bond acceptors (Lipinski definition) is 4. The maximum absolute atomic E-state index is 13.5. The van der Waals surface area contributed by atoms with Gasteiger partial charge in [-0.15, -0.1) is 0 Å². The van der Waals surface area contributed by atoms with Crippen molar-refractivity contribution >= 4 is 50.7 Å². The van der Waals surface area contributed by atoms with Crippen LogP contribution < -0.4 is 10.7 Å². The molecule has 0 fully saturated rings. The van der Waals surface area contributed by atoms with E-state index < -0.39 is 11.2 Å². The summed E-state index contributed by atoms with van der Waals surface area (Å²) in [6.07, 6.45) is 2.99. The summed E-state index contributed by atoms with van der Waals surface area (Å²) in [5.41, 5.74) is 1.72. The lowest BCUT2D eigenvalue weighted by Gasteiger charge is -2.14. The number of benzene rings is 3. The summed E-state index contributed by atoms with van der Waals surface area (Å²) < 4.78 is 1.59. The zero-order chi connectivity index (χ0) is 24.5. The minimum Gasteiger partial charge on any atom is -0.336 e. The van der Waals surface area contributed by atoms with Crippen molar-refractivity contribution in [2.75, 3.05) is 5.32 Å². The van der Waals surface area contributed by atoms with Gasteiger partial charge in [-0.1, -0.05) is 48.0 Å². The molecule has 0 unspecified atom stereocenters. The standard InChI is InChI=1S/C28H20ClN3O3/c1-17-12-23-25(14-30-17)32(16-26(33)31-22-10-8-21(29)9-11-22)15-24(28(23)35)27(34)20-7-6-18-4-2-3-5-19(18)13-20/h2-15H,16H2,1H3,(H,31,33). The number of nitrogens with zero attached hydrogens (tertiary/aromatic N) is 2. The summed E-state index contributed by atoms with van der Waals surface area (Å²) in [6.45, 7) is 1.66.